The predicted molar refractivity (Wildman–Crippen MR) is 201 cm³/mol. The summed E-state index contributed by atoms with van der Waals surface area (Å²) in [5.74, 6) is 1.07. The molecule has 3 aromatic heterocycles. The molecule has 4 aliphatic rings. The number of rotatable bonds is 10. The maximum Gasteiger partial charge on any atom is 0.405 e. The van der Waals surface area contributed by atoms with Gasteiger partial charge < -0.3 is 45.0 Å². The Bertz CT molecular complexity index is 2350. The van der Waals surface area contributed by atoms with Crippen LogP contribution in [0, 0.1) is 25.7 Å². The molecule has 55 heavy (non-hydrogen) atoms. The van der Waals surface area contributed by atoms with Crippen LogP contribution in [0.2, 0.25) is 0 Å². The number of H-pyrrole nitrogens is 2. The maximum atomic E-state index is 13.5. The van der Waals surface area contributed by atoms with E-state index in [1.807, 2.05) is 18.2 Å². The fourth-order valence-corrected chi connectivity index (χ4v) is 8.85. The summed E-state index contributed by atoms with van der Waals surface area (Å²) in [7, 11) is 0. The minimum absolute atomic E-state index is 0.0434. The normalized spacial score (nSPS) is 21.0. The lowest BCUT2D eigenvalue weighted by molar-refractivity contribution is -0.135. The Morgan fingerprint density at radius 3 is 1.84 bits per heavy atom. The first-order valence-corrected chi connectivity index (χ1v) is 19.2. The van der Waals surface area contributed by atoms with Crippen molar-refractivity contribution in [2.75, 3.05) is 13.1 Å². The van der Waals surface area contributed by atoms with Gasteiger partial charge in [-0.25, -0.2) is 19.6 Å². The van der Waals surface area contributed by atoms with Crippen LogP contribution >= 0.6 is 0 Å². The Hall–Kier alpha value is -5.86. The van der Waals surface area contributed by atoms with E-state index in [0.717, 1.165) is 107 Å². The van der Waals surface area contributed by atoms with Crippen LogP contribution in [0.1, 0.15) is 86.2 Å². The minimum Gasteiger partial charge on any atom is -0.465 e. The monoisotopic (exact) mass is 748 g/mol. The van der Waals surface area contributed by atoms with Gasteiger partial charge in [0, 0.05) is 35.0 Å². The topological polar surface area (TPSA) is 210 Å². The van der Waals surface area contributed by atoms with E-state index >= 15 is 0 Å². The first kappa shape index (κ1) is 34.9. The highest BCUT2D eigenvalue weighted by Gasteiger charge is 2.44. The van der Waals surface area contributed by atoms with Gasteiger partial charge in [0.1, 0.15) is 34.9 Å². The molecule has 9 rings (SSSR count). The van der Waals surface area contributed by atoms with E-state index in [9.17, 15) is 29.4 Å². The number of carbonyl (C=O) groups excluding carboxylic acids is 2. The Morgan fingerprint density at radius 2 is 1.29 bits per heavy atom. The minimum atomic E-state index is -1.18. The van der Waals surface area contributed by atoms with E-state index in [1.54, 1.807) is 22.2 Å². The number of carbonyl (C=O) groups is 4. The highest BCUT2D eigenvalue weighted by molar-refractivity contribution is 6.09. The SMILES string of the molecule is Cc1c(-c2cnc([C@@H]3CCCN3C(=O)[C@@H](NC(=O)O)C3CC3)[nH]2)cc2oc3cc(-c4cnc(C5CCCN5C(=O)C(NC(=O)O)C5CC5)[nH]4)ccc3c2c1C. The number of hydrogen-bond donors (Lipinski definition) is 6. The van der Waals surface area contributed by atoms with E-state index in [2.05, 4.69) is 45.5 Å². The first-order chi connectivity index (χ1) is 26.5. The molecule has 0 bridgehead atoms. The largest absolute Gasteiger partial charge is 0.465 e. The van der Waals surface area contributed by atoms with Crippen molar-refractivity contribution >= 4 is 45.9 Å². The van der Waals surface area contributed by atoms with Crippen molar-refractivity contribution in [3.8, 4) is 22.5 Å². The molecule has 2 aromatic carbocycles. The molecule has 2 saturated carbocycles. The van der Waals surface area contributed by atoms with Gasteiger partial charge in [-0.1, -0.05) is 6.07 Å². The third-order valence-corrected chi connectivity index (χ3v) is 12.1. The molecule has 5 aromatic rings. The van der Waals surface area contributed by atoms with Crippen molar-refractivity contribution in [3.05, 3.63) is 59.4 Å². The van der Waals surface area contributed by atoms with E-state index < -0.39 is 24.3 Å². The van der Waals surface area contributed by atoms with E-state index in [-0.39, 0.29) is 35.7 Å². The maximum absolute atomic E-state index is 13.5. The fourth-order valence-electron chi connectivity index (χ4n) is 8.85. The molecule has 4 atom stereocenters. The Labute approximate surface area is 315 Å². The second-order valence-corrected chi connectivity index (χ2v) is 15.6. The van der Waals surface area contributed by atoms with Crippen LogP contribution in [0.3, 0.4) is 0 Å². The summed E-state index contributed by atoms with van der Waals surface area (Å²) >= 11 is 0. The average Bonchev–Trinajstić information content (AvgIpc) is 3.78. The second kappa shape index (κ2) is 13.5. The number of benzene rings is 2. The standard InChI is InChI=1S/C40H44N8O7/c1-19-20(2)32-24-12-11-23(26-17-41-35(43-26)28-5-3-13-47(28)37(49)33(21-7-8-21)45-39(51)52)15-30(24)55-31(32)16-25(19)27-18-42-36(44-27)29-6-4-14-48(29)38(50)34(22-9-10-22)46-40(53)54/h11-12,15-18,21-22,28-29,33-34,45-46H,3-10,13-14H2,1-2H3,(H,41,43)(H,42,44)(H,51,52)(H,53,54)/t28?,29-,33?,34-/m0/s1. The fraction of sp³-hybridized carbons (Fsp3) is 0.450. The van der Waals surface area contributed by atoms with Crippen LogP contribution in [-0.2, 0) is 9.59 Å². The number of hydrogen-bond acceptors (Lipinski definition) is 7. The molecule has 15 heteroatoms. The predicted octanol–water partition coefficient (Wildman–Crippen LogP) is 6.40. The summed E-state index contributed by atoms with van der Waals surface area (Å²) in [5, 5.41) is 25.6. The quantitative estimate of drug-likeness (QED) is 0.0932. The first-order valence-electron chi connectivity index (χ1n) is 19.2. The van der Waals surface area contributed by atoms with Crippen LogP contribution in [0.5, 0.6) is 0 Å². The molecule has 2 saturated heterocycles. The van der Waals surface area contributed by atoms with Gasteiger partial charge in [-0.15, -0.1) is 0 Å². The van der Waals surface area contributed by atoms with Crippen molar-refractivity contribution in [2.45, 2.75) is 89.4 Å². The van der Waals surface area contributed by atoms with Gasteiger partial charge in [0.05, 0.1) is 35.9 Å². The molecule has 6 N–H and O–H groups in total. The Balaban J connectivity index is 0.967. The van der Waals surface area contributed by atoms with Crippen molar-refractivity contribution in [3.63, 3.8) is 0 Å². The van der Waals surface area contributed by atoms with Crippen molar-refractivity contribution < 1.29 is 33.8 Å². The molecular weight excluding hydrogens is 704 g/mol. The number of amides is 4. The number of carboxylic acid groups (broad SMARTS) is 2. The highest BCUT2D eigenvalue weighted by atomic mass is 16.4. The van der Waals surface area contributed by atoms with Crippen LogP contribution in [0.15, 0.2) is 41.1 Å². The second-order valence-electron chi connectivity index (χ2n) is 15.6. The zero-order valence-electron chi connectivity index (χ0n) is 30.7. The molecule has 4 amide bonds. The zero-order chi connectivity index (χ0) is 38.1. The lowest BCUT2D eigenvalue weighted by Gasteiger charge is -2.28. The zero-order valence-corrected chi connectivity index (χ0v) is 30.7. The average molecular weight is 749 g/mol. The number of fused-ring (bicyclic) bond motifs is 3. The lowest BCUT2D eigenvalue weighted by atomic mass is 9.96. The molecule has 5 heterocycles. The number of aromatic nitrogens is 4. The number of likely N-dealkylation sites (tertiary alicyclic amines) is 2. The van der Waals surface area contributed by atoms with Gasteiger partial charge in [0.2, 0.25) is 11.8 Å². The van der Waals surface area contributed by atoms with Gasteiger partial charge in [0.15, 0.2) is 0 Å². The molecular formula is C40H44N8O7. The summed E-state index contributed by atoms with van der Waals surface area (Å²) in [6, 6.07) is 6.13. The van der Waals surface area contributed by atoms with Crippen molar-refractivity contribution in [1.82, 2.24) is 40.4 Å². The highest BCUT2D eigenvalue weighted by Crippen LogP contribution is 2.42. The summed E-state index contributed by atoms with van der Waals surface area (Å²) in [6.45, 7) is 5.28. The van der Waals surface area contributed by atoms with Crippen LogP contribution in [0.4, 0.5) is 9.59 Å². The molecule has 15 nitrogen and oxygen atoms in total. The molecule has 2 aliphatic carbocycles. The van der Waals surface area contributed by atoms with E-state index in [4.69, 9.17) is 9.40 Å². The van der Waals surface area contributed by atoms with Gasteiger partial charge in [-0.2, -0.15) is 0 Å². The van der Waals surface area contributed by atoms with Gasteiger partial charge in [-0.05, 0) is 106 Å². The third-order valence-electron chi connectivity index (χ3n) is 12.1. The molecule has 286 valence electrons. The van der Waals surface area contributed by atoms with Gasteiger partial charge in [-0.3, -0.25) is 9.59 Å². The van der Waals surface area contributed by atoms with E-state index in [1.165, 1.54) is 0 Å². The number of nitrogens with one attached hydrogen (secondary N) is 4. The molecule has 0 spiro atoms. The summed E-state index contributed by atoms with van der Waals surface area (Å²) < 4.78 is 6.51. The van der Waals surface area contributed by atoms with E-state index in [0.29, 0.717) is 24.7 Å². The number of nitrogens with zero attached hydrogens (tertiary/aromatic N) is 4. The van der Waals surface area contributed by atoms with Crippen molar-refractivity contribution in [2.24, 2.45) is 11.8 Å². The number of aromatic amines is 2. The number of furan rings is 1. The Kier molecular flexibility index (Phi) is 8.54. The number of aryl methyl sites for hydroxylation is 1. The van der Waals surface area contributed by atoms with Crippen LogP contribution in [0.25, 0.3) is 44.5 Å². The number of imidazole rings is 2. The summed E-state index contributed by atoms with van der Waals surface area (Å²) in [4.78, 5) is 69.8. The molecule has 0 radical (unpaired) electrons. The van der Waals surface area contributed by atoms with Crippen LogP contribution < -0.4 is 10.6 Å². The summed E-state index contributed by atoms with van der Waals surface area (Å²) in [6.07, 6.45) is 7.68. The van der Waals surface area contributed by atoms with Gasteiger partial charge >= 0.3 is 12.2 Å². The third kappa shape index (κ3) is 6.34. The smallest absolute Gasteiger partial charge is 0.405 e. The Morgan fingerprint density at radius 1 is 0.745 bits per heavy atom. The lowest BCUT2D eigenvalue weighted by Crippen LogP contribution is -2.49. The van der Waals surface area contributed by atoms with Crippen LogP contribution in [-0.4, -0.2) is 89.1 Å². The molecule has 4 fully saturated rings. The molecule has 2 unspecified atom stereocenters. The van der Waals surface area contributed by atoms with Gasteiger partial charge in [0.25, 0.3) is 0 Å². The summed E-state index contributed by atoms with van der Waals surface area (Å²) in [5.41, 5.74) is 7.04. The molecule has 2 aliphatic heterocycles. The van der Waals surface area contributed by atoms with Crippen molar-refractivity contribution in [1.29, 1.82) is 0 Å².